The van der Waals surface area contributed by atoms with Gasteiger partial charge in [-0.1, -0.05) is 6.58 Å². The van der Waals surface area contributed by atoms with Crippen molar-refractivity contribution in [2.45, 2.75) is 37.2 Å². The van der Waals surface area contributed by atoms with Crippen molar-refractivity contribution in [1.82, 2.24) is 4.98 Å². The van der Waals surface area contributed by atoms with Gasteiger partial charge >= 0.3 is 0 Å². The van der Waals surface area contributed by atoms with E-state index in [9.17, 15) is 0 Å². The highest BCUT2D eigenvalue weighted by atomic mass is 32.1. The number of nitrogens with zero attached hydrogens (tertiary/aromatic N) is 1. The predicted molar refractivity (Wildman–Crippen MR) is 64.5 cm³/mol. The Hall–Kier alpha value is -0.960. The van der Waals surface area contributed by atoms with Crippen LogP contribution in [0.4, 0.5) is 0 Å². The lowest BCUT2D eigenvalue weighted by atomic mass is 9.96. The van der Waals surface area contributed by atoms with Crippen LogP contribution in [0, 0.1) is 0 Å². The zero-order chi connectivity index (χ0) is 10.8. The first-order valence-corrected chi connectivity index (χ1v) is 5.63. The Labute approximate surface area is 95.8 Å². The van der Waals surface area contributed by atoms with Gasteiger partial charge in [-0.05, 0) is 37.8 Å². The number of ether oxygens (including phenoxy) is 1. The Morgan fingerprint density at radius 1 is 1.60 bits per heavy atom. The molecule has 3 heteroatoms. The fraction of sp³-hybridized carbons (Fsp3) is 0.417. The number of hydrogen-bond donors (Lipinski definition) is 1. The van der Waals surface area contributed by atoms with Gasteiger partial charge in [0.05, 0.1) is 18.0 Å². The van der Waals surface area contributed by atoms with Crippen molar-refractivity contribution in [3.63, 3.8) is 0 Å². The predicted octanol–water partition coefficient (Wildman–Crippen LogP) is 3.33. The summed E-state index contributed by atoms with van der Waals surface area (Å²) in [6.07, 6.45) is 5.72. The molecule has 2 nitrogen and oxygen atoms in total. The van der Waals surface area contributed by atoms with E-state index >= 15 is 0 Å². The Kier molecular flexibility index (Phi) is 3.00. The van der Waals surface area contributed by atoms with Gasteiger partial charge in [0.1, 0.15) is 5.75 Å². The van der Waals surface area contributed by atoms with Crippen LogP contribution in [0.5, 0.6) is 5.75 Å². The maximum absolute atomic E-state index is 5.72. The van der Waals surface area contributed by atoms with Crippen LogP contribution in [0.25, 0.3) is 5.57 Å². The van der Waals surface area contributed by atoms with Crippen LogP contribution >= 0.6 is 12.6 Å². The van der Waals surface area contributed by atoms with Crippen LogP contribution < -0.4 is 4.74 Å². The number of pyridine rings is 1. The molecule has 1 saturated carbocycles. The van der Waals surface area contributed by atoms with Gasteiger partial charge in [-0.2, -0.15) is 0 Å². The minimum Gasteiger partial charge on any atom is -0.489 e. The molecule has 0 radical (unpaired) electrons. The third-order valence-electron chi connectivity index (χ3n) is 2.60. The highest BCUT2D eigenvalue weighted by Crippen LogP contribution is 2.28. The van der Waals surface area contributed by atoms with E-state index in [4.69, 9.17) is 4.74 Å². The maximum atomic E-state index is 5.72. The number of hydrogen-bond acceptors (Lipinski definition) is 3. The molecule has 1 aromatic rings. The molecule has 1 aromatic heterocycles. The molecule has 0 bridgehead atoms. The zero-order valence-electron chi connectivity index (χ0n) is 8.86. The Bertz CT molecular complexity index is 385. The van der Waals surface area contributed by atoms with Gasteiger partial charge in [0.25, 0.3) is 0 Å². The fourth-order valence-electron chi connectivity index (χ4n) is 1.51. The second kappa shape index (κ2) is 4.27. The molecule has 0 spiro atoms. The quantitative estimate of drug-likeness (QED) is 0.791. The van der Waals surface area contributed by atoms with Gasteiger partial charge in [0.15, 0.2) is 0 Å². The largest absolute Gasteiger partial charge is 0.489 e. The van der Waals surface area contributed by atoms with Crippen molar-refractivity contribution in [3.8, 4) is 5.75 Å². The van der Waals surface area contributed by atoms with E-state index in [1.54, 1.807) is 6.20 Å². The third kappa shape index (κ3) is 2.34. The summed E-state index contributed by atoms with van der Waals surface area (Å²) in [5.74, 6) is 0.815. The molecular weight excluding hydrogens is 206 g/mol. The highest BCUT2D eigenvalue weighted by molar-refractivity contribution is 7.80. The summed E-state index contributed by atoms with van der Waals surface area (Å²) >= 11 is 4.37. The standard InChI is InChI=1S/C12H15NOS/c1-8(2)12-11(15)6-10(7-13-12)14-9-4-3-5-9/h6-7,9,15H,1,3-5H2,2H3. The average Bonchev–Trinajstić information content (AvgIpc) is 2.11. The van der Waals surface area contributed by atoms with Crippen molar-refractivity contribution in [1.29, 1.82) is 0 Å². The van der Waals surface area contributed by atoms with Gasteiger partial charge in [0.2, 0.25) is 0 Å². The Morgan fingerprint density at radius 3 is 2.80 bits per heavy atom. The number of allylic oxidation sites excluding steroid dienone is 1. The highest BCUT2D eigenvalue weighted by Gasteiger charge is 2.19. The molecule has 15 heavy (non-hydrogen) atoms. The maximum Gasteiger partial charge on any atom is 0.139 e. The first kappa shape index (κ1) is 10.6. The van der Waals surface area contributed by atoms with Gasteiger partial charge < -0.3 is 4.74 Å². The van der Waals surface area contributed by atoms with Gasteiger partial charge in [-0.3, -0.25) is 4.98 Å². The number of thiol groups is 1. The van der Waals surface area contributed by atoms with E-state index in [0.29, 0.717) is 6.10 Å². The zero-order valence-corrected chi connectivity index (χ0v) is 9.76. The molecule has 0 saturated heterocycles. The summed E-state index contributed by atoms with van der Waals surface area (Å²) in [6.45, 7) is 5.78. The van der Waals surface area contributed by atoms with Crippen LogP contribution in [0.3, 0.4) is 0 Å². The van der Waals surface area contributed by atoms with E-state index in [0.717, 1.165) is 34.8 Å². The van der Waals surface area contributed by atoms with E-state index in [-0.39, 0.29) is 0 Å². The molecule has 1 aliphatic carbocycles. The smallest absolute Gasteiger partial charge is 0.139 e. The molecule has 1 aliphatic rings. The summed E-state index contributed by atoms with van der Waals surface area (Å²) in [7, 11) is 0. The van der Waals surface area contributed by atoms with Crippen molar-refractivity contribution in [2.75, 3.05) is 0 Å². The molecule has 0 atom stereocenters. The fourth-order valence-corrected chi connectivity index (χ4v) is 1.88. The van der Waals surface area contributed by atoms with Crippen LogP contribution in [-0.4, -0.2) is 11.1 Å². The van der Waals surface area contributed by atoms with Gasteiger partial charge in [-0.15, -0.1) is 12.6 Å². The summed E-state index contributed by atoms with van der Waals surface area (Å²) < 4.78 is 5.72. The normalized spacial score (nSPS) is 15.9. The van der Waals surface area contributed by atoms with Crippen LogP contribution in [0.2, 0.25) is 0 Å². The summed E-state index contributed by atoms with van der Waals surface area (Å²) in [5.41, 5.74) is 1.77. The molecule has 1 fully saturated rings. The molecule has 0 unspecified atom stereocenters. The molecule has 0 aromatic carbocycles. The van der Waals surface area contributed by atoms with E-state index in [2.05, 4.69) is 24.2 Å². The van der Waals surface area contributed by atoms with Gasteiger partial charge in [0, 0.05) is 4.90 Å². The SMILES string of the molecule is C=C(C)c1ncc(OC2CCC2)cc1S. The van der Waals surface area contributed by atoms with Crippen molar-refractivity contribution >= 4 is 18.2 Å². The van der Waals surface area contributed by atoms with Gasteiger partial charge in [-0.25, -0.2) is 0 Å². The first-order valence-electron chi connectivity index (χ1n) is 5.18. The Morgan fingerprint density at radius 2 is 2.33 bits per heavy atom. The van der Waals surface area contributed by atoms with Crippen LogP contribution in [-0.2, 0) is 0 Å². The number of rotatable bonds is 3. The molecule has 0 N–H and O–H groups in total. The lowest BCUT2D eigenvalue weighted by Crippen LogP contribution is -2.24. The molecule has 2 rings (SSSR count). The molecule has 0 aliphatic heterocycles. The second-order valence-corrected chi connectivity index (χ2v) is 4.47. The minimum absolute atomic E-state index is 0.384. The summed E-state index contributed by atoms with van der Waals surface area (Å²) in [4.78, 5) is 5.12. The first-order chi connectivity index (χ1) is 7.16. The summed E-state index contributed by atoms with van der Waals surface area (Å²) in [5, 5.41) is 0. The summed E-state index contributed by atoms with van der Waals surface area (Å²) in [6, 6.07) is 1.92. The Balaban J connectivity index is 2.13. The van der Waals surface area contributed by atoms with Crippen molar-refractivity contribution < 1.29 is 4.74 Å². The van der Waals surface area contributed by atoms with E-state index in [1.165, 1.54) is 6.42 Å². The molecule has 0 amide bonds. The van der Waals surface area contributed by atoms with Crippen LogP contribution in [0.1, 0.15) is 31.9 Å². The van der Waals surface area contributed by atoms with E-state index < -0.39 is 0 Å². The molecule has 1 heterocycles. The monoisotopic (exact) mass is 221 g/mol. The third-order valence-corrected chi connectivity index (χ3v) is 2.94. The molecular formula is C12H15NOS. The van der Waals surface area contributed by atoms with Crippen molar-refractivity contribution in [2.24, 2.45) is 0 Å². The topological polar surface area (TPSA) is 22.1 Å². The number of aromatic nitrogens is 1. The minimum atomic E-state index is 0.384. The lowest BCUT2D eigenvalue weighted by Gasteiger charge is -2.26. The van der Waals surface area contributed by atoms with Crippen molar-refractivity contribution in [3.05, 3.63) is 24.5 Å². The van der Waals surface area contributed by atoms with Crippen LogP contribution in [0.15, 0.2) is 23.7 Å². The average molecular weight is 221 g/mol. The lowest BCUT2D eigenvalue weighted by molar-refractivity contribution is 0.119. The van der Waals surface area contributed by atoms with E-state index in [1.807, 2.05) is 13.0 Å². The molecule has 80 valence electrons. The second-order valence-electron chi connectivity index (χ2n) is 3.99.